The van der Waals surface area contributed by atoms with Crippen LogP contribution in [0.4, 0.5) is 5.69 Å². The van der Waals surface area contributed by atoms with Crippen LogP contribution in [-0.2, 0) is 19.6 Å². The van der Waals surface area contributed by atoms with Gasteiger partial charge in [-0.3, -0.25) is 9.59 Å². The van der Waals surface area contributed by atoms with Gasteiger partial charge in [-0.15, -0.1) is 0 Å². The summed E-state index contributed by atoms with van der Waals surface area (Å²) in [6, 6.07) is 10.9. The molecule has 1 amide bonds. The second-order valence-corrected chi connectivity index (χ2v) is 7.62. The largest absolute Gasteiger partial charge is 0.481 e. The Morgan fingerprint density at radius 2 is 1.73 bits per heavy atom. The van der Waals surface area contributed by atoms with Crippen LogP contribution in [0.1, 0.15) is 24.9 Å². The lowest BCUT2D eigenvalue weighted by atomic mass is 10.1. The zero-order valence-electron chi connectivity index (χ0n) is 13.8. The first-order valence-electron chi connectivity index (χ1n) is 7.55. The van der Waals surface area contributed by atoms with E-state index in [-0.39, 0.29) is 15.8 Å². The highest BCUT2D eigenvalue weighted by molar-refractivity contribution is 7.89. The Hall–Kier alpha value is -2.42. The third kappa shape index (κ3) is 5.29. The Bertz CT molecular complexity index is 913. The lowest BCUT2D eigenvalue weighted by molar-refractivity contribution is -0.137. The van der Waals surface area contributed by atoms with Crippen LogP contribution >= 0.6 is 11.6 Å². The molecule has 0 spiro atoms. The van der Waals surface area contributed by atoms with Crippen molar-refractivity contribution >= 4 is 39.2 Å². The minimum atomic E-state index is -4.00. The van der Waals surface area contributed by atoms with Crippen molar-refractivity contribution in [3.8, 4) is 0 Å². The minimum absolute atomic E-state index is 0.0611. The molecule has 0 aliphatic rings. The first kappa shape index (κ1) is 19.9. The number of carbonyl (C=O) groups excluding carboxylic acids is 1. The number of carboxylic acid groups (broad SMARTS) is 1. The number of halogens is 1. The summed E-state index contributed by atoms with van der Waals surface area (Å²) in [5, 5.41) is 11.9. The standard InChI is InChI=1S/C17H17ClN2O5S/c1-11(21)19-12-6-8-13(9-7-12)26(24,25)20-16(10-17(22)23)14-4-2-3-5-15(14)18/h2-9,16,20H,10H2,1H3,(H,19,21)(H,22,23)/t16-/m0/s1. The van der Waals surface area contributed by atoms with E-state index in [1.54, 1.807) is 24.3 Å². The predicted octanol–water partition coefficient (Wildman–Crippen LogP) is 2.79. The maximum Gasteiger partial charge on any atom is 0.305 e. The van der Waals surface area contributed by atoms with Crippen molar-refractivity contribution in [2.24, 2.45) is 0 Å². The van der Waals surface area contributed by atoms with Gasteiger partial charge in [0, 0.05) is 17.6 Å². The number of hydrogen-bond acceptors (Lipinski definition) is 4. The molecule has 1 atom stereocenters. The van der Waals surface area contributed by atoms with Crippen molar-refractivity contribution in [2.75, 3.05) is 5.32 Å². The summed E-state index contributed by atoms with van der Waals surface area (Å²) >= 11 is 6.08. The first-order chi connectivity index (χ1) is 12.2. The fraction of sp³-hybridized carbons (Fsp3) is 0.176. The third-order valence-electron chi connectivity index (χ3n) is 3.44. The lowest BCUT2D eigenvalue weighted by Gasteiger charge is -2.19. The zero-order valence-corrected chi connectivity index (χ0v) is 15.3. The molecular formula is C17H17ClN2O5S. The fourth-order valence-electron chi connectivity index (χ4n) is 2.32. The van der Waals surface area contributed by atoms with Crippen LogP contribution in [0.25, 0.3) is 0 Å². The van der Waals surface area contributed by atoms with Crippen LogP contribution in [-0.4, -0.2) is 25.4 Å². The molecule has 0 saturated carbocycles. The molecule has 2 rings (SSSR count). The normalized spacial score (nSPS) is 12.4. The molecule has 0 aromatic heterocycles. The fourth-order valence-corrected chi connectivity index (χ4v) is 3.81. The van der Waals surface area contributed by atoms with Crippen LogP contribution in [0.5, 0.6) is 0 Å². The number of carbonyl (C=O) groups is 2. The number of nitrogens with one attached hydrogen (secondary N) is 2. The molecule has 0 aliphatic carbocycles. The Balaban J connectivity index is 2.30. The van der Waals surface area contributed by atoms with E-state index in [9.17, 15) is 18.0 Å². The van der Waals surface area contributed by atoms with E-state index in [0.29, 0.717) is 11.3 Å². The summed E-state index contributed by atoms with van der Waals surface area (Å²) in [7, 11) is -4.00. The molecule has 0 unspecified atom stereocenters. The van der Waals surface area contributed by atoms with Gasteiger partial charge in [0.25, 0.3) is 0 Å². The van der Waals surface area contributed by atoms with Crippen molar-refractivity contribution in [3.63, 3.8) is 0 Å². The third-order valence-corrected chi connectivity index (χ3v) is 5.27. The smallest absolute Gasteiger partial charge is 0.305 e. The monoisotopic (exact) mass is 396 g/mol. The quantitative estimate of drug-likeness (QED) is 0.666. The number of amides is 1. The summed E-state index contributed by atoms with van der Waals surface area (Å²) in [4.78, 5) is 22.1. The van der Waals surface area contributed by atoms with Crippen LogP contribution < -0.4 is 10.0 Å². The van der Waals surface area contributed by atoms with E-state index in [1.807, 2.05) is 0 Å². The van der Waals surface area contributed by atoms with Gasteiger partial charge in [0.1, 0.15) is 0 Å². The lowest BCUT2D eigenvalue weighted by Crippen LogP contribution is -2.30. The maximum absolute atomic E-state index is 12.6. The number of sulfonamides is 1. The van der Waals surface area contributed by atoms with Gasteiger partial charge in [-0.25, -0.2) is 13.1 Å². The second kappa shape index (κ2) is 8.31. The van der Waals surface area contributed by atoms with Gasteiger partial charge >= 0.3 is 5.97 Å². The number of carboxylic acids is 1. The number of rotatable bonds is 7. The predicted molar refractivity (Wildman–Crippen MR) is 97.5 cm³/mol. The van der Waals surface area contributed by atoms with Crippen LogP contribution in [0, 0.1) is 0 Å². The molecule has 0 heterocycles. The van der Waals surface area contributed by atoms with Gasteiger partial charge < -0.3 is 10.4 Å². The molecule has 0 fully saturated rings. The van der Waals surface area contributed by atoms with E-state index in [1.165, 1.54) is 31.2 Å². The molecule has 0 aliphatic heterocycles. The summed E-state index contributed by atoms with van der Waals surface area (Å²) < 4.78 is 27.6. The summed E-state index contributed by atoms with van der Waals surface area (Å²) in [5.74, 6) is -1.45. The van der Waals surface area contributed by atoms with E-state index in [4.69, 9.17) is 16.7 Å². The van der Waals surface area contributed by atoms with Crippen molar-refractivity contribution < 1.29 is 23.1 Å². The highest BCUT2D eigenvalue weighted by Crippen LogP contribution is 2.27. The molecule has 7 nitrogen and oxygen atoms in total. The van der Waals surface area contributed by atoms with E-state index in [0.717, 1.165) is 0 Å². The van der Waals surface area contributed by atoms with Crippen molar-refractivity contribution in [1.82, 2.24) is 4.72 Å². The van der Waals surface area contributed by atoms with Crippen LogP contribution in [0.15, 0.2) is 53.4 Å². The summed E-state index contributed by atoms with van der Waals surface area (Å²) in [6.07, 6.45) is -0.465. The molecular weight excluding hydrogens is 380 g/mol. The second-order valence-electron chi connectivity index (χ2n) is 5.50. The van der Waals surface area contributed by atoms with Crippen LogP contribution in [0.2, 0.25) is 5.02 Å². The van der Waals surface area contributed by atoms with Gasteiger partial charge in [0.2, 0.25) is 15.9 Å². The van der Waals surface area contributed by atoms with Gasteiger partial charge in [0.05, 0.1) is 17.4 Å². The van der Waals surface area contributed by atoms with Gasteiger partial charge in [0.15, 0.2) is 0 Å². The number of aliphatic carboxylic acids is 1. The summed E-state index contributed by atoms with van der Waals surface area (Å²) in [6.45, 7) is 1.34. The molecule has 2 aromatic rings. The Labute approximate surface area is 156 Å². The molecule has 138 valence electrons. The average molecular weight is 397 g/mol. The SMILES string of the molecule is CC(=O)Nc1ccc(S(=O)(=O)N[C@@H](CC(=O)O)c2ccccc2Cl)cc1. The van der Waals surface area contributed by atoms with E-state index in [2.05, 4.69) is 10.0 Å². The Kier molecular flexibility index (Phi) is 6.36. The van der Waals surface area contributed by atoms with Crippen LogP contribution in [0.3, 0.4) is 0 Å². The highest BCUT2D eigenvalue weighted by atomic mass is 35.5. The van der Waals surface area contributed by atoms with Gasteiger partial charge in [-0.1, -0.05) is 29.8 Å². The number of hydrogen-bond donors (Lipinski definition) is 3. The van der Waals surface area contributed by atoms with E-state index < -0.39 is 28.5 Å². The summed E-state index contributed by atoms with van der Waals surface area (Å²) in [5.41, 5.74) is 0.819. The van der Waals surface area contributed by atoms with Gasteiger partial charge in [-0.2, -0.15) is 0 Å². The molecule has 26 heavy (non-hydrogen) atoms. The topological polar surface area (TPSA) is 113 Å². The zero-order chi connectivity index (χ0) is 19.3. The molecule has 0 radical (unpaired) electrons. The molecule has 2 aromatic carbocycles. The highest BCUT2D eigenvalue weighted by Gasteiger charge is 2.25. The van der Waals surface area contributed by atoms with Crippen molar-refractivity contribution in [1.29, 1.82) is 0 Å². The van der Waals surface area contributed by atoms with Crippen molar-refractivity contribution in [3.05, 3.63) is 59.1 Å². The van der Waals surface area contributed by atoms with E-state index >= 15 is 0 Å². The molecule has 3 N–H and O–H groups in total. The van der Waals surface area contributed by atoms with Gasteiger partial charge in [-0.05, 0) is 35.9 Å². The number of benzene rings is 2. The maximum atomic E-state index is 12.6. The molecule has 9 heteroatoms. The Morgan fingerprint density at radius 1 is 1.12 bits per heavy atom. The molecule has 0 saturated heterocycles. The Morgan fingerprint density at radius 3 is 2.27 bits per heavy atom. The number of anilines is 1. The van der Waals surface area contributed by atoms with Crippen molar-refractivity contribution in [2.45, 2.75) is 24.3 Å². The average Bonchev–Trinajstić information content (AvgIpc) is 2.54. The molecule has 0 bridgehead atoms. The minimum Gasteiger partial charge on any atom is -0.481 e. The first-order valence-corrected chi connectivity index (χ1v) is 9.41.